The molecule has 0 bridgehead atoms. The van der Waals surface area contributed by atoms with Gasteiger partial charge in [0.15, 0.2) is 23.0 Å². The molecule has 3 N–H and O–H groups in total. The Morgan fingerprint density at radius 1 is 0.963 bits per heavy atom. The van der Waals surface area contributed by atoms with Crippen LogP contribution in [0.2, 0.25) is 0 Å². The maximum Gasteiger partial charge on any atom is 0.203 e. The average molecular weight is 398 g/mol. The lowest BCUT2D eigenvalue weighted by Crippen LogP contribution is -2.22. The van der Waals surface area contributed by atoms with Crippen LogP contribution in [-0.4, -0.2) is 54.2 Å². The van der Waals surface area contributed by atoms with Gasteiger partial charge in [-0.2, -0.15) is 0 Å². The lowest BCUT2D eigenvalue weighted by atomic mass is 10.1. The molecule has 2 aromatic rings. The second kappa shape index (κ2) is 9.55. The van der Waals surface area contributed by atoms with E-state index in [-0.39, 0.29) is 18.0 Å². The molecule has 0 heterocycles. The van der Waals surface area contributed by atoms with Crippen LogP contribution in [0.3, 0.4) is 0 Å². The third-order valence-corrected chi connectivity index (χ3v) is 4.43. The van der Waals surface area contributed by atoms with Crippen molar-refractivity contribution in [1.82, 2.24) is 4.42 Å². The highest BCUT2D eigenvalue weighted by Gasteiger charge is 2.16. The Morgan fingerprint density at radius 2 is 1.59 bits per heavy atom. The van der Waals surface area contributed by atoms with Gasteiger partial charge >= 0.3 is 0 Å². The quantitative estimate of drug-likeness (QED) is 0.442. The van der Waals surface area contributed by atoms with Crippen LogP contribution in [0.15, 0.2) is 30.3 Å². The van der Waals surface area contributed by atoms with Gasteiger partial charge in [-0.25, -0.2) is 4.42 Å². The number of aliphatic hydroxyl groups excluding tert-OH is 1. The predicted octanol–water partition coefficient (Wildman–Crippen LogP) is 2.86. The van der Waals surface area contributed by atoms with Crippen molar-refractivity contribution in [2.75, 3.05) is 34.4 Å². The largest absolute Gasteiger partial charge is 0.504 e. The Morgan fingerprint density at radius 3 is 2.11 bits per heavy atom. The third-order valence-electron chi connectivity index (χ3n) is 4.12. The van der Waals surface area contributed by atoms with Crippen molar-refractivity contribution in [3.8, 4) is 28.7 Å². The lowest BCUT2D eigenvalue weighted by molar-refractivity contribution is 0.149. The molecule has 0 amide bonds. The zero-order chi connectivity index (χ0) is 20.0. The molecule has 2 rings (SSSR count). The number of aromatic hydroxyl groups is 2. The summed E-state index contributed by atoms with van der Waals surface area (Å²) >= 11 is 6.23. The monoisotopic (exact) mass is 397 g/mol. The summed E-state index contributed by atoms with van der Waals surface area (Å²) in [7, 11) is 4.65. The first-order valence-electron chi connectivity index (χ1n) is 8.29. The van der Waals surface area contributed by atoms with Crippen LogP contribution >= 0.6 is 11.8 Å². The smallest absolute Gasteiger partial charge is 0.203 e. The molecule has 0 saturated carbocycles. The normalized spacial score (nSPS) is 12.1. The molecule has 148 valence electrons. The highest BCUT2D eigenvalue weighted by atomic mass is 35.5. The third kappa shape index (κ3) is 5.32. The fourth-order valence-corrected chi connectivity index (χ4v) is 2.88. The van der Waals surface area contributed by atoms with Gasteiger partial charge < -0.3 is 29.5 Å². The van der Waals surface area contributed by atoms with Crippen molar-refractivity contribution in [2.24, 2.45) is 0 Å². The summed E-state index contributed by atoms with van der Waals surface area (Å²) < 4.78 is 17.4. The van der Waals surface area contributed by atoms with Gasteiger partial charge in [0.05, 0.1) is 27.4 Å². The Labute approximate surface area is 163 Å². The molecule has 0 radical (unpaired) electrons. The van der Waals surface area contributed by atoms with Crippen LogP contribution in [0.4, 0.5) is 0 Å². The van der Waals surface area contributed by atoms with E-state index >= 15 is 0 Å². The number of halogens is 1. The van der Waals surface area contributed by atoms with Gasteiger partial charge in [0, 0.05) is 13.1 Å². The molecule has 0 aliphatic heterocycles. The Hall–Kier alpha value is -2.35. The molecule has 0 aliphatic rings. The van der Waals surface area contributed by atoms with Gasteiger partial charge in [-0.15, -0.1) is 0 Å². The summed E-state index contributed by atoms with van der Waals surface area (Å²) in [6.07, 6.45) is -0.317. The van der Waals surface area contributed by atoms with Crippen molar-refractivity contribution in [3.05, 3.63) is 41.5 Å². The van der Waals surface area contributed by atoms with Crippen molar-refractivity contribution in [2.45, 2.75) is 12.5 Å². The van der Waals surface area contributed by atoms with Crippen molar-refractivity contribution < 1.29 is 29.5 Å². The van der Waals surface area contributed by atoms with E-state index < -0.39 is 6.10 Å². The van der Waals surface area contributed by atoms with Crippen molar-refractivity contribution >= 4 is 11.8 Å². The first-order valence-corrected chi connectivity index (χ1v) is 8.63. The van der Waals surface area contributed by atoms with E-state index in [1.807, 2.05) is 12.1 Å². The first kappa shape index (κ1) is 21.0. The molecular formula is C19H24ClNO6. The van der Waals surface area contributed by atoms with Gasteiger partial charge in [-0.1, -0.05) is 6.07 Å². The van der Waals surface area contributed by atoms with E-state index in [1.54, 1.807) is 21.3 Å². The molecule has 0 fully saturated rings. The van der Waals surface area contributed by atoms with Crippen molar-refractivity contribution in [1.29, 1.82) is 0 Å². The summed E-state index contributed by atoms with van der Waals surface area (Å²) in [6.45, 7) is 0.609. The molecule has 8 heteroatoms. The molecule has 0 saturated heterocycles. The second-order valence-corrected chi connectivity index (χ2v) is 6.39. The molecule has 2 aromatic carbocycles. The zero-order valence-corrected chi connectivity index (χ0v) is 16.2. The van der Waals surface area contributed by atoms with Gasteiger partial charge in [0.25, 0.3) is 0 Å². The molecule has 0 aliphatic carbocycles. The number of methoxy groups -OCH3 is 3. The van der Waals surface area contributed by atoms with Gasteiger partial charge in [-0.05, 0) is 53.6 Å². The number of rotatable bonds is 9. The van der Waals surface area contributed by atoms with Crippen LogP contribution in [0.25, 0.3) is 0 Å². The second-order valence-electron chi connectivity index (χ2n) is 5.92. The van der Waals surface area contributed by atoms with E-state index in [4.69, 9.17) is 26.0 Å². The number of nitrogens with zero attached hydrogens (tertiary/aromatic N) is 1. The highest BCUT2D eigenvalue weighted by Crippen LogP contribution is 2.38. The van der Waals surface area contributed by atoms with Crippen molar-refractivity contribution in [3.63, 3.8) is 0 Å². The Bertz CT molecular complexity index is 745. The number of hydrogen-bond acceptors (Lipinski definition) is 7. The summed E-state index contributed by atoms with van der Waals surface area (Å²) in [4.78, 5) is 0. The molecule has 0 aromatic heterocycles. The average Bonchev–Trinajstić information content (AvgIpc) is 2.67. The zero-order valence-electron chi connectivity index (χ0n) is 15.5. The van der Waals surface area contributed by atoms with E-state index in [1.165, 1.54) is 22.6 Å². The number of ether oxygens (including phenoxy) is 3. The van der Waals surface area contributed by atoms with Crippen LogP contribution in [0.5, 0.6) is 28.7 Å². The minimum atomic E-state index is -0.908. The number of phenolic OH excluding ortho intramolecular Hbond substituents is 2. The van der Waals surface area contributed by atoms with Crippen LogP contribution in [0, 0.1) is 0 Å². The molecule has 1 atom stereocenters. The fraction of sp³-hybridized carbons (Fsp3) is 0.368. The van der Waals surface area contributed by atoms with Gasteiger partial charge in [-0.3, -0.25) is 0 Å². The summed E-state index contributed by atoms with van der Waals surface area (Å²) in [5, 5.41) is 29.1. The Kier molecular flexibility index (Phi) is 7.41. The van der Waals surface area contributed by atoms with E-state index in [0.29, 0.717) is 35.8 Å². The van der Waals surface area contributed by atoms with E-state index in [0.717, 1.165) is 5.56 Å². The fourth-order valence-electron chi connectivity index (χ4n) is 2.66. The van der Waals surface area contributed by atoms with E-state index in [2.05, 4.69) is 0 Å². The number of aliphatic hydroxyl groups is 1. The number of hydrogen-bond donors (Lipinski definition) is 3. The minimum absolute atomic E-state index is 0.149. The van der Waals surface area contributed by atoms with Gasteiger partial charge in [0.1, 0.15) is 0 Å². The minimum Gasteiger partial charge on any atom is -0.504 e. The predicted molar refractivity (Wildman–Crippen MR) is 102 cm³/mol. The topological polar surface area (TPSA) is 91.6 Å². The lowest BCUT2D eigenvalue weighted by Gasteiger charge is -2.19. The molecule has 27 heavy (non-hydrogen) atoms. The van der Waals surface area contributed by atoms with Crippen LogP contribution in [0.1, 0.15) is 17.2 Å². The number of benzene rings is 2. The van der Waals surface area contributed by atoms with E-state index in [9.17, 15) is 15.3 Å². The summed E-state index contributed by atoms with van der Waals surface area (Å²) in [6, 6.07) is 7.86. The summed E-state index contributed by atoms with van der Waals surface area (Å²) in [5.74, 6) is 1.12. The highest BCUT2D eigenvalue weighted by molar-refractivity contribution is 6.13. The van der Waals surface area contributed by atoms with Gasteiger partial charge in [0.2, 0.25) is 5.75 Å². The molecule has 0 unspecified atom stereocenters. The Balaban J connectivity index is 2.00. The van der Waals surface area contributed by atoms with Crippen LogP contribution in [-0.2, 0) is 6.42 Å². The molecular weight excluding hydrogens is 374 g/mol. The molecule has 0 spiro atoms. The molecule has 7 nitrogen and oxygen atoms in total. The maximum absolute atomic E-state index is 10.3. The summed E-state index contributed by atoms with van der Waals surface area (Å²) in [5.41, 5.74) is 1.40. The van der Waals surface area contributed by atoms with Crippen LogP contribution < -0.4 is 14.2 Å². The standard InChI is InChI=1S/C19H24ClNO6/c1-25-17-8-12(9-18(26-2)19(17)27-3)6-7-21(20)11-16(24)13-4-5-14(22)15(23)10-13/h4-5,8-10,16,22-24H,6-7,11H2,1-3H3/t16-/m0/s1. The first-order chi connectivity index (χ1) is 12.9. The maximum atomic E-state index is 10.3. The number of phenols is 2. The SMILES string of the molecule is COc1cc(CCN(Cl)C[C@H](O)c2ccc(O)c(O)c2)cc(OC)c1OC.